The average molecular weight is 334 g/mol. The van der Waals surface area contributed by atoms with Crippen LogP contribution in [0, 0.1) is 0 Å². The molecule has 8 heteroatoms. The van der Waals surface area contributed by atoms with Crippen molar-refractivity contribution in [3.63, 3.8) is 0 Å². The second kappa shape index (κ2) is 8.78. The van der Waals surface area contributed by atoms with Gasteiger partial charge in [0.1, 0.15) is 0 Å². The van der Waals surface area contributed by atoms with Crippen molar-refractivity contribution < 1.29 is 13.2 Å². The van der Waals surface area contributed by atoms with E-state index in [9.17, 15) is 13.2 Å². The summed E-state index contributed by atoms with van der Waals surface area (Å²) >= 11 is 0. The maximum atomic E-state index is 11.8. The number of halogens is 1. The normalized spacial score (nSPS) is 12.1. The highest BCUT2D eigenvalue weighted by Crippen LogP contribution is 2.10. The number of rotatable bonds is 7. The molecule has 0 unspecified atom stereocenters. The summed E-state index contributed by atoms with van der Waals surface area (Å²) in [4.78, 5) is 11.9. The van der Waals surface area contributed by atoms with Crippen molar-refractivity contribution in [2.75, 3.05) is 13.1 Å². The topological polar surface area (TPSA) is 101 Å². The van der Waals surface area contributed by atoms with Crippen molar-refractivity contribution in [1.29, 1.82) is 0 Å². The summed E-state index contributed by atoms with van der Waals surface area (Å²) in [6, 6.07) is 5.54. The average Bonchev–Trinajstić information content (AvgIpc) is 2.45. The minimum atomic E-state index is -3.57. The van der Waals surface area contributed by atoms with Gasteiger partial charge in [-0.3, -0.25) is 4.79 Å². The number of hydrogen-bond donors (Lipinski definition) is 3. The first-order valence-corrected chi connectivity index (χ1v) is 7.60. The Kier molecular flexibility index (Phi) is 8.19. The fourth-order valence-corrected chi connectivity index (χ4v) is 2.40. The second-order valence-electron chi connectivity index (χ2n) is 4.28. The van der Waals surface area contributed by atoms with Crippen molar-refractivity contribution in [1.82, 2.24) is 10.0 Å². The van der Waals surface area contributed by atoms with Gasteiger partial charge in [-0.05, 0) is 31.2 Å². The fraction of sp³-hybridized carbons (Fsp3) is 0.308. The van der Waals surface area contributed by atoms with E-state index in [-0.39, 0.29) is 35.8 Å². The van der Waals surface area contributed by atoms with E-state index in [0.717, 1.165) is 0 Å². The minimum Gasteiger partial charge on any atom is -0.348 e. The first-order valence-electron chi connectivity index (χ1n) is 6.12. The molecule has 0 aromatic heterocycles. The maximum Gasteiger partial charge on any atom is 0.251 e. The molecule has 6 nitrogen and oxygen atoms in total. The standard InChI is InChI=1S/C13H19N3O3S.ClH/c1-3-8-15-20(18,19)12-6-4-11(5-7-12)13(17)16-10(2)9-14;/h3-7,10,15H,1,8-9,14H2,2H3,(H,16,17);1H/t10-;/m0./s1. The highest BCUT2D eigenvalue weighted by atomic mass is 35.5. The Labute approximate surface area is 131 Å². The molecule has 4 N–H and O–H groups in total. The van der Waals surface area contributed by atoms with Gasteiger partial charge in [0.05, 0.1) is 4.90 Å². The van der Waals surface area contributed by atoms with Gasteiger partial charge in [-0.25, -0.2) is 13.1 Å². The molecule has 0 heterocycles. The highest BCUT2D eigenvalue weighted by Gasteiger charge is 2.14. The predicted octanol–water partition coefficient (Wildman–Crippen LogP) is 0.650. The van der Waals surface area contributed by atoms with E-state index in [1.807, 2.05) is 0 Å². The number of nitrogens with one attached hydrogen (secondary N) is 2. The molecule has 0 aliphatic rings. The Morgan fingerprint density at radius 3 is 2.43 bits per heavy atom. The van der Waals surface area contributed by atoms with E-state index < -0.39 is 10.0 Å². The second-order valence-corrected chi connectivity index (χ2v) is 6.04. The number of hydrogen-bond acceptors (Lipinski definition) is 4. The van der Waals surface area contributed by atoms with Gasteiger partial charge in [0.15, 0.2) is 0 Å². The van der Waals surface area contributed by atoms with Crippen LogP contribution in [0.15, 0.2) is 41.8 Å². The molecule has 1 atom stereocenters. The van der Waals surface area contributed by atoms with Crippen LogP contribution in [0.1, 0.15) is 17.3 Å². The number of carbonyl (C=O) groups is 1. The van der Waals surface area contributed by atoms with Crippen molar-refractivity contribution >= 4 is 28.3 Å². The van der Waals surface area contributed by atoms with E-state index >= 15 is 0 Å². The monoisotopic (exact) mass is 333 g/mol. The lowest BCUT2D eigenvalue weighted by molar-refractivity contribution is 0.0941. The van der Waals surface area contributed by atoms with Gasteiger partial charge in [0.2, 0.25) is 10.0 Å². The number of nitrogens with two attached hydrogens (primary N) is 1. The Balaban J connectivity index is 0.00000400. The summed E-state index contributed by atoms with van der Waals surface area (Å²) in [5.74, 6) is -0.286. The zero-order valence-electron chi connectivity index (χ0n) is 11.7. The van der Waals surface area contributed by atoms with Crippen LogP contribution in [0.25, 0.3) is 0 Å². The highest BCUT2D eigenvalue weighted by molar-refractivity contribution is 7.89. The lowest BCUT2D eigenvalue weighted by atomic mass is 10.2. The fourth-order valence-electron chi connectivity index (χ4n) is 1.40. The third kappa shape index (κ3) is 5.84. The lowest BCUT2D eigenvalue weighted by Crippen LogP contribution is -2.37. The Hall–Kier alpha value is -1.41. The van der Waals surface area contributed by atoms with E-state index in [0.29, 0.717) is 12.1 Å². The van der Waals surface area contributed by atoms with Crippen LogP contribution in [0.4, 0.5) is 0 Å². The Morgan fingerprint density at radius 1 is 1.38 bits per heavy atom. The molecule has 1 aromatic carbocycles. The molecule has 1 aromatic rings. The van der Waals surface area contributed by atoms with Gasteiger partial charge in [-0.2, -0.15) is 0 Å². The number of benzene rings is 1. The lowest BCUT2D eigenvalue weighted by Gasteiger charge is -2.11. The largest absolute Gasteiger partial charge is 0.348 e. The van der Waals surface area contributed by atoms with Crippen molar-refractivity contribution in [3.05, 3.63) is 42.5 Å². The van der Waals surface area contributed by atoms with E-state index in [2.05, 4.69) is 16.6 Å². The molecule has 0 aliphatic heterocycles. The first-order chi connectivity index (χ1) is 9.40. The molecule has 21 heavy (non-hydrogen) atoms. The molecular weight excluding hydrogens is 314 g/mol. The molecule has 1 amide bonds. The summed E-state index contributed by atoms with van der Waals surface area (Å²) in [7, 11) is -3.57. The number of carbonyl (C=O) groups excluding carboxylic acids is 1. The third-order valence-corrected chi connectivity index (χ3v) is 4.02. The molecule has 118 valence electrons. The van der Waals surface area contributed by atoms with Crippen LogP contribution in [0.5, 0.6) is 0 Å². The van der Waals surface area contributed by atoms with Gasteiger partial charge in [0, 0.05) is 24.7 Å². The summed E-state index contributed by atoms with van der Waals surface area (Å²) in [6.45, 7) is 5.72. The van der Waals surface area contributed by atoms with E-state index in [1.165, 1.54) is 30.3 Å². The third-order valence-electron chi connectivity index (χ3n) is 2.58. The molecule has 0 aliphatic carbocycles. The molecule has 0 spiro atoms. The first kappa shape index (κ1) is 19.6. The van der Waals surface area contributed by atoms with Gasteiger partial charge in [0.25, 0.3) is 5.91 Å². The summed E-state index contributed by atoms with van der Waals surface area (Å²) < 4.78 is 26.0. The number of sulfonamides is 1. The van der Waals surface area contributed by atoms with E-state index in [4.69, 9.17) is 5.73 Å². The van der Waals surface area contributed by atoms with Crippen LogP contribution in [-0.4, -0.2) is 33.5 Å². The molecular formula is C13H20ClN3O3S. The van der Waals surface area contributed by atoms with E-state index in [1.54, 1.807) is 6.92 Å². The van der Waals surface area contributed by atoms with Crippen LogP contribution < -0.4 is 15.8 Å². The van der Waals surface area contributed by atoms with Gasteiger partial charge in [-0.15, -0.1) is 19.0 Å². The maximum absolute atomic E-state index is 11.8. The number of amides is 1. The molecule has 0 fully saturated rings. The molecule has 0 saturated heterocycles. The van der Waals surface area contributed by atoms with Crippen molar-refractivity contribution in [2.24, 2.45) is 5.73 Å². The van der Waals surface area contributed by atoms with Crippen LogP contribution in [-0.2, 0) is 10.0 Å². The zero-order chi connectivity index (χ0) is 15.2. The predicted molar refractivity (Wildman–Crippen MR) is 85.1 cm³/mol. The minimum absolute atomic E-state index is 0. The molecule has 0 radical (unpaired) electrons. The van der Waals surface area contributed by atoms with Gasteiger partial charge >= 0.3 is 0 Å². The molecule has 1 rings (SSSR count). The summed E-state index contributed by atoms with van der Waals surface area (Å²) in [5, 5.41) is 2.70. The van der Waals surface area contributed by atoms with Gasteiger partial charge < -0.3 is 11.1 Å². The Bertz CT molecular complexity index is 573. The Morgan fingerprint density at radius 2 is 1.95 bits per heavy atom. The molecule has 0 saturated carbocycles. The quantitative estimate of drug-likeness (QED) is 0.638. The van der Waals surface area contributed by atoms with Gasteiger partial charge in [-0.1, -0.05) is 6.08 Å². The summed E-state index contributed by atoms with van der Waals surface area (Å²) in [6.07, 6.45) is 1.45. The van der Waals surface area contributed by atoms with Crippen molar-refractivity contribution in [2.45, 2.75) is 17.9 Å². The van der Waals surface area contributed by atoms with Crippen LogP contribution in [0.3, 0.4) is 0 Å². The smallest absolute Gasteiger partial charge is 0.251 e. The summed E-state index contributed by atoms with van der Waals surface area (Å²) in [5.41, 5.74) is 5.80. The van der Waals surface area contributed by atoms with Crippen LogP contribution in [0.2, 0.25) is 0 Å². The molecule has 0 bridgehead atoms. The van der Waals surface area contributed by atoms with Crippen LogP contribution >= 0.6 is 12.4 Å². The SMILES string of the molecule is C=CCNS(=O)(=O)c1ccc(C(=O)N[C@@H](C)CN)cc1.Cl. The zero-order valence-corrected chi connectivity index (χ0v) is 13.3. The van der Waals surface area contributed by atoms with Crippen molar-refractivity contribution in [3.8, 4) is 0 Å².